The molecule has 1 heterocycles. The van der Waals surface area contributed by atoms with Crippen molar-refractivity contribution in [3.63, 3.8) is 0 Å². The van der Waals surface area contributed by atoms with Gasteiger partial charge < -0.3 is 14.6 Å². The smallest absolute Gasteiger partial charge is 0.230 e. The number of aromatic nitrogens is 3. The third kappa shape index (κ3) is 6.02. The highest BCUT2D eigenvalue weighted by Gasteiger charge is 2.20. The van der Waals surface area contributed by atoms with Gasteiger partial charge in [0, 0.05) is 6.54 Å². The van der Waals surface area contributed by atoms with Crippen LogP contribution in [0.5, 0.6) is 5.75 Å². The van der Waals surface area contributed by atoms with E-state index >= 15 is 0 Å². The number of ether oxygens (including phenoxy) is 1. The average molecular weight is 459 g/mol. The number of carbonyl (C=O) groups excluding carboxylic acids is 1. The minimum atomic E-state index is -0.340. The normalized spacial score (nSPS) is 12.9. The molecule has 1 aromatic heterocycles. The van der Waals surface area contributed by atoms with Gasteiger partial charge in [0.25, 0.3) is 0 Å². The monoisotopic (exact) mass is 458 g/mol. The minimum absolute atomic E-state index is 0.0515. The first kappa shape index (κ1) is 23.2. The summed E-state index contributed by atoms with van der Waals surface area (Å²) in [6, 6.07) is 15.5. The number of thioether (sulfide) groups is 1. The Morgan fingerprint density at radius 3 is 2.65 bits per heavy atom. The van der Waals surface area contributed by atoms with Crippen molar-refractivity contribution in [2.24, 2.45) is 0 Å². The molecule has 3 rings (SSSR count). The molecule has 1 amide bonds. The molecule has 0 aliphatic heterocycles. The van der Waals surface area contributed by atoms with Crippen LogP contribution in [0.4, 0.5) is 0 Å². The number of benzene rings is 2. The second kappa shape index (κ2) is 10.7. The quantitative estimate of drug-likeness (QED) is 0.436. The van der Waals surface area contributed by atoms with E-state index in [-0.39, 0.29) is 23.8 Å². The van der Waals surface area contributed by atoms with Crippen LogP contribution < -0.4 is 10.1 Å². The second-order valence-corrected chi connectivity index (χ2v) is 8.62. The number of hydrogen-bond acceptors (Lipinski definition) is 5. The van der Waals surface area contributed by atoms with Gasteiger partial charge >= 0.3 is 0 Å². The molecule has 0 bridgehead atoms. The molecular weight excluding hydrogens is 432 g/mol. The zero-order valence-corrected chi connectivity index (χ0v) is 19.7. The lowest BCUT2D eigenvalue weighted by Crippen LogP contribution is -2.28. The molecule has 164 valence electrons. The van der Waals surface area contributed by atoms with Gasteiger partial charge in [-0.25, -0.2) is 0 Å². The van der Waals surface area contributed by atoms with E-state index < -0.39 is 0 Å². The molecule has 0 aliphatic carbocycles. The van der Waals surface area contributed by atoms with E-state index in [1.54, 1.807) is 0 Å². The van der Waals surface area contributed by atoms with Crippen molar-refractivity contribution in [2.45, 2.75) is 51.5 Å². The van der Waals surface area contributed by atoms with Crippen LogP contribution in [0, 0.1) is 6.92 Å². The van der Waals surface area contributed by atoms with Gasteiger partial charge in [0.15, 0.2) is 17.1 Å². The molecule has 2 atom stereocenters. The Balaban J connectivity index is 1.63. The molecule has 0 radical (unpaired) electrons. The van der Waals surface area contributed by atoms with Gasteiger partial charge in [0.05, 0.1) is 16.8 Å². The Morgan fingerprint density at radius 2 is 1.94 bits per heavy atom. The van der Waals surface area contributed by atoms with Gasteiger partial charge in [0.1, 0.15) is 5.75 Å². The van der Waals surface area contributed by atoms with Gasteiger partial charge in [-0.3, -0.25) is 4.79 Å². The first-order valence-corrected chi connectivity index (χ1v) is 11.6. The van der Waals surface area contributed by atoms with Crippen molar-refractivity contribution < 1.29 is 9.53 Å². The van der Waals surface area contributed by atoms with Crippen LogP contribution in [0.3, 0.4) is 0 Å². The molecule has 2 unspecified atom stereocenters. The fourth-order valence-corrected chi connectivity index (χ4v) is 4.17. The zero-order valence-electron chi connectivity index (χ0n) is 18.1. The van der Waals surface area contributed by atoms with Gasteiger partial charge in [-0.1, -0.05) is 59.8 Å². The molecule has 0 aliphatic rings. The summed E-state index contributed by atoms with van der Waals surface area (Å²) in [7, 11) is 0. The number of rotatable bonds is 9. The summed E-state index contributed by atoms with van der Waals surface area (Å²) in [5, 5.41) is 12.9. The van der Waals surface area contributed by atoms with E-state index in [0.717, 1.165) is 11.1 Å². The summed E-state index contributed by atoms with van der Waals surface area (Å²) >= 11 is 7.62. The van der Waals surface area contributed by atoms with Gasteiger partial charge in [-0.05, 0) is 51.0 Å². The van der Waals surface area contributed by atoms with Crippen LogP contribution >= 0.6 is 23.4 Å². The van der Waals surface area contributed by atoms with E-state index in [4.69, 9.17) is 16.3 Å². The Hall–Kier alpha value is -2.51. The van der Waals surface area contributed by atoms with Crippen molar-refractivity contribution in [1.29, 1.82) is 0 Å². The van der Waals surface area contributed by atoms with E-state index in [9.17, 15) is 4.79 Å². The van der Waals surface area contributed by atoms with Crippen LogP contribution in [0.2, 0.25) is 5.02 Å². The third-order valence-corrected chi connectivity index (χ3v) is 6.10. The highest BCUT2D eigenvalue weighted by atomic mass is 35.5. The first-order valence-electron chi connectivity index (χ1n) is 10.2. The summed E-state index contributed by atoms with van der Waals surface area (Å²) in [5.74, 6) is 1.52. The van der Waals surface area contributed by atoms with E-state index in [2.05, 4.69) is 15.5 Å². The summed E-state index contributed by atoms with van der Waals surface area (Å²) in [6.07, 6.45) is -0.340. The number of halogens is 1. The van der Waals surface area contributed by atoms with Crippen molar-refractivity contribution >= 4 is 29.3 Å². The standard InChI is InChI=1S/C23H27ClN4O2S/c1-5-28-22(17(4)30-20-13-15(2)11-12-19(20)24)26-27-23(28)31-14-21(29)25-16(3)18-9-7-6-8-10-18/h6-13,16-17H,5,14H2,1-4H3,(H,25,29). The average Bonchev–Trinajstić information content (AvgIpc) is 3.18. The molecule has 0 saturated carbocycles. The second-order valence-electron chi connectivity index (χ2n) is 7.27. The molecule has 31 heavy (non-hydrogen) atoms. The molecule has 0 saturated heterocycles. The maximum Gasteiger partial charge on any atom is 0.230 e. The van der Waals surface area contributed by atoms with Gasteiger partial charge in [-0.2, -0.15) is 0 Å². The van der Waals surface area contributed by atoms with Crippen LogP contribution in [0.1, 0.15) is 49.9 Å². The predicted molar refractivity (Wildman–Crippen MR) is 125 cm³/mol. The lowest BCUT2D eigenvalue weighted by molar-refractivity contribution is -0.119. The van der Waals surface area contributed by atoms with Crippen molar-refractivity contribution in [3.8, 4) is 5.75 Å². The lowest BCUT2D eigenvalue weighted by Gasteiger charge is -2.17. The maximum absolute atomic E-state index is 12.4. The molecular formula is C23H27ClN4O2S. The fourth-order valence-electron chi connectivity index (χ4n) is 3.19. The summed E-state index contributed by atoms with van der Waals surface area (Å²) in [5.41, 5.74) is 2.14. The molecule has 0 fully saturated rings. The Morgan fingerprint density at radius 1 is 1.19 bits per heavy atom. The highest BCUT2D eigenvalue weighted by molar-refractivity contribution is 7.99. The van der Waals surface area contributed by atoms with E-state index in [0.29, 0.717) is 28.3 Å². The first-order chi connectivity index (χ1) is 14.9. The Bertz CT molecular complexity index is 1030. The third-order valence-electron chi connectivity index (χ3n) is 4.83. The molecule has 6 nitrogen and oxygen atoms in total. The van der Waals surface area contributed by atoms with Crippen LogP contribution in [-0.4, -0.2) is 26.4 Å². The predicted octanol–water partition coefficient (Wildman–Crippen LogP) is 5.37. The number of nitrogens with one attached hydrogen (secondary N) is 1. The zero-order chi connectivity index (χ0) is 22.4. The highest BCUT2D eigenvalue weighted by Crippen LogP contribution is 2.30. The number of carbonyl (C=O) groups is 1. The van der Waals surface area contributed by atoms with Gasteiger partial charge in [0.2, 0.25) is 5.91 Å². The van der Waals surface area contributed by atoms with Crippen molar-refractivity contribution in [2.75, 3.05) is 5.75 Å². The number of hydrogen-bond donors (Lipinski definition) is 1. The molecule has 2 aromatic carbocycles. The fraction of sp³-hybridized carbons (Fsp3) is 0.348. The maximum atomic E-state index is 12.4. The molecule has 0 spiro atoms. The summed E-state index contributed by atoms with van der Waals surface area (Å²) in [4.78, 5) is 12.4. The minimum Gasteiger partial charge on any atom is -0.481 e. The Labute approximate surface area is 192 Å². The van der Waals surface area contributed by atoms with E-state index in [1.807, 2.05) is 80.8 Å². The van der Waals surface area contributed by atoms with Crippen LogP contribution in [0.25, 0.3) is 0 Å². The SMILES string of the molecule is CCn1c(SCC(=O)NC(C)c2ccccc2)nnc1C(C)Oc1cc(C)ccc1Cl. The van der Waals surface area contributed by atoms with Crippen molar-refractivity contribution in [1.82, 2.24) is 20.1 Å². The number of nitrogens with zero attached hydrogens (tertiary/aromatic N) is 3. The largest absolute Gasteiger partial charge is 0.481 e. The topological polar surface area (TPSA) is 69.0 Å². The molecule has 3 aromatic rings. The Kier molecular flexibility index (Phi) is 7.98. The lowest BCUT2D eigenvalue weighted by atomic mass is 10.1. The number of amides is 1. The molecule has 1 N–H and O–H groups in total. The van der Waals surface area contributed by atoms with Crippen LogP contribution in [-0.2, 0) is 11.3 Å². The van der Waals surface area contributed by atoms with E-state index in [1.165, 1.54) is 11.8 Å². The summed E-state index contributed by atoms with van der Waals surface area (Å²) in [6.45, 7) is 8.56. The number of aryl methyl sites for hydroxylation is 1. The molecule has 8 heteroatoms. The van der Waals surface area contributed by atoms with Crippen LogP contribution in [0.15, 0.2) is 53.7 Å². The van der Waals surface area contributed by atoms with Crippen molar-refractivity contribution in [3.05, 3.63) is 70.5 Å². The summed E-state index contributed by atoms with van der Waals surface area (Å²) < 4.78 is 8.02. The van der Waals surface area contributed by atoms with Gasteiger partial charge in [-0.15, -0.1) is 10.2 Å².